The van der Waals surface area contributed by atoms with Gasteiger partial charge in [-0.2, -0.15) is 4.98 Å². The summed E-state index contributed by atoms with van der Waals surface area (Å²) in [6.07, 6.45) is 3.74. The van der Waals surface area contributed by atoms with E-state index in [9.17, 15) is 4.39 Å². The van der Waals surface area contributed by atoms with Gasteiger partial charge in [-0.05, 0) is 31.0 Å². The van der Waals surface area contributed by atoms with Crippen LogP contribution in [0.5, 0.6) is 0 Å². The average Bonchev–Trinajstić information content (AvgIpc) is 2.91. The van der Waals surface area contributed by atoms with E-state index in [1.165, 1.54) is 18.9 Å². The Kier molecular flexibility index (Phi) is 3.55. The zero-order valence-electron chi connectivity index (χ0n) is 10.6. The number of halogens is 1. The first-order chi connectivity index (χ1) is 9.33. The predicted octanol–water partition coefficient (Wildman–Crippen LogP) is 2.61. The van der Waals surface area contributed by atoms with Crippen molar-refractivity contribution in [2.45, 2.75) is 31.7 Å². The van der Waals surface area contributed by atoms with Crippen LogP contribution in [0.15, 0.2) is 28.8 Å². The third kappa shape index (κ3) is 2.81. The number of hydrogen-bond acceptors (Lipinski definition) is 4. The Morgan fingerprint density at radius 3 is 3.00 bits per heavy atom. The van der Waals surface area contributed by atoms with Crippen LogP contribution in [0.3, 0.4) is 0 Å². The summed E-state index contributed by atoms with van der Waals surface area (Å²) in [6, 6.07) is 6.81. The summed E-state index contributed by atoms with van der Waals surface area (Å²) in [5.41, 5.74) is 0.589. The molecule has 2 heterocycles. The molecule has 4 nitrogen and oxygen atoms in total. The minimum atomic E-state index is -0.232. The van der Waals surface area contributed by atoms with Gasteiger partial charge in [-0.15, -0.1) is 0 Å². The van der Waals surface area contributed by atoms with E-state index in [1.54, 1.807) is 12.1 Å². The molecule has 1 aromatic heterocycles. The number of nitrogens with one attached hydrogen (secondary N) is 1. The molecule has 1 fully saturated rings. The van der Waals surface area contributed by atoms with Crippen molar-refractivity contribution in [2.24, 2.45) is 0 Å². The summed E-state index contributed by atoms with van der Waals surface area (Å²) >= 11 is 0. The maximum atomic E-state index is 13.5. The molecule has 1 aliphatic rings. The van der Waals surface area contributed by atoms with Gasteiger partial charge in [0.15, 0.2) is 5.82 Å². The second-order valence-electron chi connectivity index (χ2n) is 4.82. The Hall–Kier alpha value is -1.75. The van der Waals surface area contributed by atoms with Crippen molar-refractivity contribution in [3.05, 3.63) is 47.4 Å². The normalized spacial score (nSPS) is 19.5. The van der Waals surface area contributed by atoms with Crippen LogP contribution in [0.4, 0.5) is 4.39 Å². The molecule has 0 radical (unpaired) electrons. The fourth-order valence-corrected chi connectivity index (χ4v) is 2.36. The van der Waals surface area contributed by atoms with Crippen molar-refractivity contribution in [3.63, 3.8) is 0 Å². The highest BCUT2D eigenvalue weighted by Crippen LogP contribution is 2.21. The number of rotatable bonds is 3. The molecule has 0 saturated carbocycles. The molecule has 19 heavy (non-hydrogen) atoms. The van der Waals surface area contributed by atoms with Gasteiger partial charge in [0, 0.05) is 6.42 Å². The van der Waals surface area contributed by atoms with Crippen molar-refractivity contribution < 1.29 is 8.91 Å². The topological polar surface area (TPSA) is 51.0 Å². The molecule has 2 aromatic rings. The van der Waals surface area contributed by atoms with Gasteiger partial charge in [-0.25, -0.2) is 4.39 Å². The van der Waals surface area contributed by atoms with Gasteiger partial charge in [0.2, 0.25) is 5.89 Å². The van der Waals surface area contributed by atoms with Gasteiger partial charge >= 0.3 is 0 Å². The Morgan fingerprint density at radius 2 is 2.21 bits per heavy atom. The van der Waals surface area contributed by atoms with Gasteiger partial charge in [-0.1, -0.05) is 29.8 Å². The summed E-state index contributed by atoms with van der Waals surface area (Å²) in [7, 11) is 0. The van der Waals surface area contributed by atoms with Crippen molar-refractivity contribution in [1.82, 2.24) is 15.5 Å². The zero-order chi connectivity index (χ0) is 13.1. The van der Waals surface area contributed by atoms with E-state index < -0.39 is 0 Å². The highest BCUT2D eigenvalue weighted by Gasteiger charge is 2.21. The lowest BCUT2D eigenvalue weighted by molar-refractivity contribution is 0.296. The minimum Gasteiger partial charge on any atom is -0.338 e. The molecular weight excluding hydrogens is 245 g/mol. The highest BCUT2D eigenvalue weighted by atomic mass is 19.1. The maximum absolute atomic E-state index is 13.5. The molecule has 1 N–H and O–H groups in total. The largest absolute Gasteiger partial charge is 0.338 e. The summed E-state index contributed by atoms with van der Waals surface area (Å²) < 4.78 is 18.8. The van der Waals surface area contributed by atoms with Gasteiger partial charge < -0.3 is 9.84 Å². The Balaban J connectivity index is 1.73. The molecule has 0 unspecified atom stereocenters. The molecule has 1 aromatic carbocycles. The van der Waals surface area contributed by atoms with Gasteiger partial charge in [0.1, 0.15) is 5.82 Å². The molecule has 0 spiro atoms. The number of hydrogen-bond donors (Lipinski definition) is 1. The Bertz CT molecular complexity index is 549. The fraction of sp³-hybridized carbons (Fsp3) is 0.429. The first-order valence-electron chi connectivity index (χ1n) is 6.62. The van der Waals surface area contributed by atoms with Crippen LogP contribution in [-0.2, 0) is 6.42 Å². The van der Waals surface area contributed by atoms with Crippen LogP contribution >= 0.6 is 0 Å². The van der Waals surface area contributed by atoms with Gasteiger partial charge in [0.05, 0.1) is 6.04 Å². The zero-order valence-corrected chi connectivity index (χ0v) is 10.6. The third-order valence-electron chi connectivity index (χ3n) is 3.40. The van der Waals surface area contributed by atoms with Crippen LogP contribution in [0.2, 0.25) is 0 Å². The molecule has 1 atom stereocenters. The molecule has 100 valence electrons. The summed E-state index contributed by atoms with van der Waals surface area (Å²) in [4.78, 5) is 4.36. The average molecular weight is 261 g/mol. The smallest absolute Gasteiger partial charge is 0.243 e. The quantitative estimate of drug-likeness (QED) is 0.922. The third-order valence-corrected chi connectivity index (χ3v) is 3.40. The fourth-order valence-electron chi connectivity index (χ4n) is 2.36. The van der Waals surface area contributed by atoms with E-state index in [2.05, 4.69) is 15.5 Å². The Labute approximate surface area is 111 Å². The van der Waals surface area contributed by atoms with E-state index in [0.29, 0.717) is 23.7 Å². The first kappa shape index (κ1) is 12.3. The number of benzene rings is 1. The SMILES string of the molecule is Fc1ccccc1Cc1noc([C@H]2CCCCN2)n1. The molecular formula is C14H16FN3O. The molecule has 0 aliphatic carbocycles. The van der Waals surface area contributed by atoms with Crippen LogP contribution in [0.1, 0.15) is 42.6 Å². The van der Waals surface area contributed by atoms with Crippen LogP contribution in [0, 0.1) is 5.82 Å². The molecule has 3 rings (SSSR count). The second kappa shape index (κ2) is 5.48. The number of aromatic nitrogens is 2. The van der Waals surface area contributed by atoms with Crippen LogP contribution < -0.4 is 5.32 Å². The standard InChI is InChI=1S/C14H16FN3O/c15-11-6-2-1-5-10(11)9-13-17-14(19-18-13)12-7-3-4-8-16-12/h1-2,5-6,12,16H,3-4,7-9H2/t12-/m1/s1. The molecule has 1 aliphatic heterocycles. The van der Waals surface area contributed by atoms with Crippen molar-refractivity contribution >= 4 is 0 Å². The lowest BCUT2D eigenvalue weighted by Crippen LogP contribution is -2.27. The summed E-state index contributed by atoms with van der Waals surface area (Å²) in [6.45, 7) is 0.982. The number of nitrogens with zero attached hydrogens (tertiary/aromatic N) is 2. The van der Waals surface area contributed by atoms with Crippen LogP contribution in [0.25, 0.3) is 0 Å². The minimum absolute atomic E-state index is 0.149. The maximum Gasteiger partial charge on any atom is 0.243 e. The van der Waals surface area contributed by atoms with Gasteiger partial charge in [0.25, 0.3) is 0 Å². The highest BCUT2D eigenvalue weighted by molar-refractivity contribution is 5.20. The first-order valence-corrected chi connectivity index (χ1v) is 6.62. The van der Waals surface area contributed by atoms with Crippen LogP contribution in [-0.4, -0.2) is 16.7 Å². The van der Waals surface area contributed by atoms with Crippen molar-refractivity contribution in [2.75, 3.05) is 6.54 Å². The Morgan fingerprint density at radius 1 is 1.32 bits per heavy atom. The van der Waals surface area contributed by atoms with Gasteiger partial charge in [-0.3, -0.25) is 0 Å². The molecule has 0 bridgehead atoms. The summed E-state index contributed by atoms with van der Waals surface area (Å²) in [5, 5.41) is 7.29. The molecule has 1 saturated heterocycles. The lowest BCUT2D eigenvalue weighted by Gasteiger charge is -2.19. The second-order valence-corrected chi connectivity index (χ2v) is 4.82. The lowest BCUT2D eigenvalue weighted by atomic mass is 10.1. The van der Waals surface area contributed by atoms with Crippen molar-refractivity contribution in [3.8, 4) is 0 Å². The van der Waals surface area contributed by atoms with E-state index >= 15 is 0 Å². The number of piperidine rings is 1. The van der Waals surface area contributed by atoms with Crippen molar-refractivity contribution in [1.29, 1.82) is 0 Å². The predicted molar refractivity (Wildman–Crippen MR) is 68.1 cm³/mol. The van der Waals surface area contributed by atoms with E-state index in [0.717, 1.165) is 13.0 Å². The molecule has 5 heteroatoms. The van der Waals surface area contributed by atoms with E-state index in [-0.39, 0.29) is 11.9 Å². The van der Waals surface area contributed by atoms with E-state index in [4.69, 9.17) is 4.52 Å². The summed E-state index contributed by atoms with van der Waals surface area (Å²) in [5.74, 6) is 0.920. The monoisotopic (exact) mass is 261 g/mol. The molecule has 0 amide bonds. The van der Waals surface area contributed by atoms with E-state index in [1.807, 2.05) is 6.07 Å².